The summed E-state index contributed by atoms with van der Waals surface area (Å²) in [7, 11) is 1.66. The van der Waals surface area contributed by atoms with Crippen molar-refractivity contribution in [2.45, 2.75) is 6.54 Å². The molecule has 0 unspecified atom stereocenters. The van der Waals surface area contributed by atoms with Crippen molar-refractivity contribution in [3.8, 4) is 0 Å². The van der Waals surface area contributed by atoms with Crippen LogP contribution in [0.3, 0.4) is 0 Å². The maximum Gasteiger partial charge on any atom is 0.257 e. The molecule has 0 aliphatic heterocycles. The van der Waals surface area contributed by atoms with E-state index in [9.17, 15) is 9.18 Å². The fourth-order valence-electron chi connectivity index (χ4n) is 1.69. The highest BCUT2D eigenvalue weighted by Gasteiger charge is 2.15. The van der Waals surface area contributed by atoms with Crippen molar-refractivity contribution in [1.29, 1.82) is 0 Å². The van der Waals surface area contributed by atoms with Crippen molar-refractivity contribution in [1.82, 2.24) is 9.88 Å². The van der Waals surface area contributed by atoms with Gasteiger partial charge in [0, 0.05) is 19.8 Å². The lowest BCUT2D eigenvalue weighted by atomic mass is 10.2. The molecule has 19 heavy (non-hydrogen) atoms. The molecule has 1 amide bonds. The fourth-order valence-corrected chi connectivity index (χ4v) is 1.89. The topological polar surface area (TPSA) is 33.2 Å². The third-order valence-electron chi connectivity index (χ3n) is 2.67. The van der Waals surface area contributed by atoms with Gasteiger partial charge in [0.15, 0.2) is 0 Å². The molecule has 1 aromatic carbocycles. The number of nitrogens with zero attached hydrogens (tertiary/aromatic N) is 2. The van der Waals surface area contributed by atoms with Gasteiger partial charge in [-0.25, -0.2) is 9.37 Å². The van der Waals surface area contributed by atoms with Gasteiger partial charge in [-0.05, 0) is 29.8 Å². The van der Waals surface area contributed by atoms with E-state index in [-0.39, 0.29) is 16.9 Å². The lowest BCUT2D eigenvalue weighted by Crippen LogP contribution is -2.26. The average Bonchev–Trinajstić information content (AvgIpc) is 2.41. The Labute approximate surface area is 115 Å². The molecule has 0 aliphatic carbocycles. The summed E-state index contributed by atoms with van der Waals surface area (Å²) in [4.78, 5) is 17.5. The van der Waals surface area contributed by atoms with Gasteiger partial charge in [0.1, 0.15) is 11.0 Å². The summed E-state index contributed by atoms with van der Waals surface area (Å²) in [6.45, 7) is 0.379. The van der Waals surface area contributed by atoms with Gasteiger partial charge in [-0.15, -0.1) is 0 Å². The quantitative estimate of drug-likeness (QED) is 0.808. The normalized spacial score (nSPS) is 10.3. The number of aromatic nitrogens is 1. The first-order valence-corrected chi connectivity index (χ1v) is 6.06. The van der Waals surface area contributed by atoms with Crippen LogP contribution in [0.4, 0.5) is 4.39 Å². The van der Waals surface area contributed by atoms with E-state index in [0.717, 1.165) is 5.56 Å². The number of carbonyl (C=O) groups is 1. The Morgan fingerprint density at radius 2 is 2.00 bits per heavy atom. The van der Waals surface area contributed by atoms with Gasteiger partial charge in [0.25, 0.3) is 5.91 Å². The molecule has 1 aromatic heterocycles. The zero-order valence-electron chi connectivity index (χ0n) is 10.3. The van der Waals surface area contributed by atoms with E-state index in [1.807, 2.05) is 0 Å². The van der Waals surface area contributed by atoms with Gasteiger partial charge in [-0.1, -0.05) is 23.7 Å². The van der Waals surface area contributed by atoms with Gasteiger partial charge in [-0.3, -0.25) is 4.79 Å². The monoisotopic (exact) mass is 278 g/mol. The van der Waals surface area contributed by atoms with Crippen molar-refractivity contribution >= 4 is 17.5 Å². The van der Waals surface area contributed by atoms with Crippen molar-refractivity contribution in [2.24, 2.45) is 0 Å². The first-order valence-electron chi connectivity index (χ1n) is 5.68. The molecule has 0 radical (unpaired) electrons. The SMILES string of the molecule is CN(Cc1ccc(F)cc1)C(=O)c1cccnc1Cl. The van der Waals surface area contributed by atoms with Crippen LogP contribution < -0.4 is 0 Å². The van der Waals surface area contributed by atoms with Crippen LogP contribution in [-0.4, -0.2) is 22.8 Å². The minimum Gasteiger partial charge on any atom is -0.337 e. The van der Waals surface area contributed by atoms with E-state index in [4.69, 9.17) is 11.6 Å². The Morgan fingerprint density at radius 1 is 1.32 bits per heavy atom. The summed E-state index contributed by atoms with van der Waals surface area (Å²) < 4.78 is 12.8. The standard InChI is InChI=1S/C14H12ClFN2O/c1-18(9-10-4-6-11(16)7-5-10)14(19)12-3-2-8-17-13(12)15/h2-8H,9H2,1H3. The predicted molar refractivity (Wildman–Crippen MR) is 71.4 cm³/mol. The molecule has 0 spiro atoms. The third-order valence-corrected chi connectivity index (χ3v) is 2.97. The first kappa shape index (κ1) is 13.5. The molecule has 0 aliphatic rings. The van der Waals surface area contributed by atoms with Gasteiger partial charge < -0.3 is 4.90 Å². The van der Waals surface area contributed by atoms with E-state index >= 15 is 0 Å². The van der Waals surface area contributed by atoms with Crippen molar-refractivity contribution in [2.75, 3.05) is 7.05 Å². The second-order valence-electron chi connectivity index (χ2n) is 4.13. The van der Waals surface area contributed by atoms with Crippen molar-refractivity contribution in [3.05, 3.63) is 64.7 Å². The summed E-state index contributed by atoms with van der Waals surface area (Å²) in [6, 6.07) is 9.30. The Kier molecular flexibility index (Phi) is 4.12. The molecule has 3 nitrogen and oxygen atoms in total. The zero-order chi connectivity index (χ0) is 13.8. The summed E-state index contributed by atoms with van der Waals surface area (Å²) in [6.07, 6.45) is 1.53. The Morgan fingerprint density at radius 3 is 2.63 bits per heavy atom. The molecule has 5 heteroatoms. The summed E-state index contributed by atoms with van der Waals surface area (Å²) >= 11 is 5.88. The first-order chi connectivity index (χ1) is 9.08. The highest BCUT2D eigenvalue weighted by Crippen LogP contribution is 2.15. The van der Waals surface area contributed by atoms with E-state index in [2.05, 4.69) is 4.98 Å². The van der Waals surface area contributed by atoms with E-state index in [1.54, 1.807) is 31.3 Å². The van der Waals surface area contributed by atoms with Crippen LogP contribution in [0.2, 0.25) is 5.15 Å². The molecule has 0 bridgehead atoms. The highest BCUT2D eigenvalue weighted by molar-refractivity contribution is 6.32. The van der Waals surface area contributed by atoms with Crippen LogP contribution in [0.25, 0.3) is 0 Å². The van der Waals surface area contributed by atoms with Crippen LogP contribution in [0.1, 0.15) is 15.9 Å². The second kappa shape index (κ2) is 5.80. The predicted octanol–water partition coefficient (Wildman–Crippen LogP) is 3.15. The van der Waals surface area contributed by atoms with Crippen molar-refractivity contribution < 1.29 is 9.18 Å². The van der Waals surface area contributed by atoms with E-state index in [1.165, 1.54) is 23.2 Å². The Balaban J connectivity index is 2.12. The molecule has 98 valence electrons. The number of amides is 1. The molecule has 0 N–H and O–H groups in total. The second-order valence-corrected chi connectivity index (χ2v) is 4.49. The van der Waals surface area contributed by atoms with Gasteiger partial charge in [0.2, 0.25) is 0 Å². The number of rotatable bonds is 3. The molecule has 0 fully saturated rings. The van der Waals surface area contributed by atoms with Gasteiger partial charge in [0.05, 0.1) is 5.56 Å². The molecular formula is C14H12ClFN2O. The van der Waals surface area contributed by atoms with Gasteiger partial charge >= 0.3 is 0 Å². The minimum atomic E-state index is -0.298. The maximum atomic E-state index is 12.8. The van der Waals surface area contributed by atoms with Crippen molar-refractivity contribution in [3.63, 3.8) is 0 Å². The molecule has 2 rings (SSSR count). The third kappa shape index (κ3) is 3.29. The lowest BCUT2D eigenvalue weighted by molar-refractivity contribution is 0.0785. The molecule has 0 saturated carbocycles. The minimum absolute atomic E-state index is 0.179. The van der Waals surface area contributed by atoms with E-state index in [0.29, 0.717) is 12.1 Å². The molecule has 0 saturated heterocycles. The summed E-state index contributed by atoms with van der Waals surface area (Å²) in [5.41, 5.74) is 1.20. The number of halogens is 2. The van der Waals surface area contributed by atoms with Gasteiger partial charge in [-0.2, -0.15) is 0 Å². The highest BCUT2D eigenvalue weighted by atomic mass is 35.5. The number of pyridine rings is 1. The zero-order valence-corrected chi connectivity index (χ0v) is 11.1. The molecular weight excluding hydrogens is 267 g/mol. The van der Waals surface area contributed by atoms with Crippen LogP contribution >= 0.6 is 11.6 Å². The molecule has 1 heterocycles. The van der Waals surface area contributed by atoms with Crippen LogP contribution in [-0.2, 0) is 6.54 Å². The fraction of sp³-hybridized carbons (Fsp3) is 0.143. The Bertz CT molecular complexity index is 586. The van der Waals surface area contributed by atoms with Crippen LogP contribution in [0, 0.1) is 5.82 Å². The number of carbonyl (C=O) groups excluding carboxylic acids is 1. The molecule has 0 atom stereocenters. The summed E-state index contributed by atoms with van der Waals surface area (Å²) in [5.74, 6) is -0.518. The van der Waals surface area contributed by atoms with Crippen LogP contribution in [0.5, 0.6) is 0 Å². The lowest BCUT2D eigenvalue weighted by Gasteiger charge is -2.17. The maximum absolute atomic E-state index is 12.8. The number of benzene rings is 1. The largest absolute Gasteiger partial charge is 0.337 e. The molecule has 2 aromatic rings. The smallest absolute Gasteiger partial charge is 0.257 e. The summed E-state index contributed by atoms with van der Waals surface area (Å²) in [5, 5.41) is 0.179. The number of hydrogen-bond acceptors (Lipinski definition) is 2. The Hall–Kier alpha value is -1.94. The average molecular weight is 279 g/mol. The van der Waals surface area contributed by atoms with Crippen LogP contribution in [0.15, 0.2) is 42.6 Å². The number of hydrogen-bond donors (Lipinski definition) is 0. The van der Waals surface area contributed by atoms with E-state index < -0.39 is 0 Å².